The second kappa shape index (κ2) is 6.79. The highest BCUT2D eigenvalue weighted by atomic mass is 16.2. The number of H-pyrrole nitrogens is 1. The van der Waals surface area contributed by atoms with Gasteiger partial charge in [-0.15, -0.1) is 0 Å². The summed E-state index contributed by atoms with van der Waals surface area (Å²) in [4.78, 5) is 26.9. The zero-order valence-corrected chi connectivity index (χ0v) is 12.5. The van der Waals surface area contributed by atoms with E-state index in [4.69, 9.17) is 0 Å². The van der Waals surface area contributed by atoms with Crippen LogP contribution in [-0.4, -0.2) is 23.3 Å². The highest BCUT2D eigenvalue weighted by molar-refractivity contribution is 6.40. The zero-order chi connectivity index (χ0) is 16.1. The molecule has 5 heteroatoms. The van der Waals surface area contributed by atoms with Crippen molar-refractivity contribution in [1.82, 2.24) is 10.3 Å². The molecule has 1 aromatic heterocycles. The van der Waals surface area contributed by atoms with Crippen molar-refractivity contribution in [2.75, 3.05) is 11.9 Å². The van der Waals surface area contributed by atoms with E-state index < -0.39 is 11.8 Å². The Balaban J connectivity index is 1.55. The lowest BCUT2D eigenvalue weighted by Gasteiger charge is -2.07. The lowest BCUT2D eigenvalue weighted by atomic mass is 10.1. The van der Waals surface area contributed by atoms with Crippen molar-refractivity contribution in [1.29, 1.82) is 0 Å². The molecular weight excluding hydrogens is 290 g/mol. The average molecular weight is 307 g/mol. The van der Waals surface area contributed by atoms with Crippen LogP contribution < -0.4 is 10.6 Å². The number of hydrogen-bond donors (Lipinski definition) is 3. The normalized spacial score (nSPS) is 10.4. The molecule has 0 aliphatic heterocycles. The van der Waals surface area contributed by atoms with Crippen molar-refractivity contribution in [2.24, 2.45) is 0 Å². The van der Waals surface area contributed by atoms with Crippen molar-refractivity contribution in [3.63, 3.8) is 0 Å². The first-order valence-electron chi connectivity index (χ1n) is 7.43. The molecule has 5 nitrogen and oxygen atoms in total. The van der Waals surface area contributed by atoms with E-state index in [9.17, 15) is 9.59 Å². The van der Waals surface area contributed by atoms with Crippen LogP contribution in [0.1, 0.15) is 5.56 Å². The van der Waals surface area contributed by atoms with Crippen LogP contribution in [0.2, 0.25) is 0 Å². The van der Waals surface area contributed by atoms with Crippen LogP contribution in [0.4, 0.5) is 5.69 Å². The maximum Gasteiger partial charge on any atom is 0.313 e. The highest BCUT2D eigenvalue weighted by Crippen LogP contribution is 2.21. The molecule has 0 atom stereocenters. The molecule has 2 aromatic carbocycles. The third-order valence-corrected chi connectivity index (χ3v) is 3.59. The lowest BCUT2D eigenvalue weighted by Crippen LogP contribution is -2.36. The van der Waals surface area contributed by atoms with Gasteiger partial charge < -0.3 is 15.6 Å². The molecule has 1 heterocycles. The number of aromatic amines is 1. The minimum absolute atomic E-state index is 0.421. The molecule has 0 saturated carbocycles. The molecule has 3 N–H and O–H groups in total. The Kier molecular flexibility index (Phi) is 4.38. The van der Waals surface area contributed by atoms with Gasteiger partial charge in [0.15, 0.2) is 0 Å². The number of carbonyl (C=O) groups excluding carboxylic acids is 2. The first kappa shape index (κ1) is 14.8. The molecule has 116 valence electrons. The van der Waals surface area contributed by atoms with Crippen LogP contribution in [0, 0.1) is 0 Å². The summed E-state index contributed by atoms with van der Waals surface area (Å²) >= 11 is 0. The molecule has 23 heavy (non-hydrogen) atoms. The molecule has 0 spiro atoms. The predicted octanol–water partition coefficient (Wildman–Crippen LogP) is 2.47. The van der Waals surface area contributed by atoms with Gasteiger partial charge in [-0.2, -0.15) is 0 Å². The first-order chi connectivity index (χ1) is 11.2. The van der Waals surface area contributed by atoms with Crippen molar-refractivity contribution < 1.29 is 9.59 Å². The van der Waals surface area contributed by atoms with Gasteiger partial charge in [-0.1, -0.05) is 36.4 Å². The summed E-state index contributed by atoms with van der Waals surface area (Å²) < 4.78 is 0. The van der Waals surface area contributed by atoms with Gasteiger partial charge >= 0.3 is 11.8 Å². The molecule has 0 unspecified atom stereocenters. The van der Waals surface area contributed by atoms with Gasteiger partial charge in [0.2, 0.25) is 0 Å². The van der Waals surface area contributed by atoms with Gasteiger partial charge in [0.05, 0.1) is 5.69 Å². The second-order valence-corrected chi connectivity index (χ2v) is 5.19. The fourth-order valence-electron chi connectivity index (χ4n) is 2.42. The Bertz CT molecular complexity index is 824. The van der Waals surface area contributed by atoms with Gasteiger partial charge in [-0.05, 0) is 30.2 Å². The third-order valence-electron chi connectivity index (χ3n) is 3.59. The molecule has 0 fully saturated rings. The number of amides is 2. The molecule has 3 aromatic rings. The summed E-state index contributed by atoms with van der Waals surface area (Å²) in [6.07, 6.45) is 2.48. The molecule has 0 aliphatic carbocycles. The Morgan fingerprint density at radius 2 is 1.74 bits per heavy atom. The van der Waals surface area contributed by atoms with Crippen LogP contribution in [0.5, 0.6) is 0 Å². The summed E-state index contributed by atoms with van der Waals surface area (Å²) in [6, 6.07) is 17.2. The van der Waals surface area contributed by atoms with Crippen LogP contribution in [0.3, 0.4) is 0 Å². The number of rotatable bonds is 4. The van der Waals surface area contributed by atoms with E-state index in [-0.39, 0.29) is 0 Å². The van der Waals surface area contributed by atoms with Crippen molar-refractivity contribution in [3.8, 4) is 0 Å². The fourth-order valence-corrected chi connectivity index (χ4v) is 2.42. The third kappa shape index (κ3) is 3.58. The highest BCUT2D eigenvalue weighted by Gasteiger charge is 2.14. The number of nitrogens with one attached hydrogen (secondary N) is 3. The van der Waals surface area contributed by atoms with E-state index in [1.165, 1.54) is 0 Å². The van der Waals surface area contributed by atoms with Crippen molar-refractivity contribution >= 4 is 28.4 Å². The summed E-state index contributed by atoms with van der Waals surface area (Å²) in [5.74, 6) is -1.29. The monoisotopic (exact) mass is 307 g/mol. The fraction of sp³-hybridized carbons (Fsp3) is 0.111. The topological polar surface area (TPSA) is 74.0 Å². The van der Waals surface area contributed by atoms with E-state index >= 15 is 0 Å². The Hall–Kier alpha value is -3.08. The van der Waals surface area contributed by atoms with E-state index in [0.29, 0.717) is 18.7 Å². The minimum atomic E-state index is -0.660. The van der Waals surface area contributed by atoms with Gasteiger partial charge in [-0.25, -0.2) is 0 Å². The number of aromatic nitrogens is 1. The van der Waals surface area contributed by atoms with E-state index in [1.54, 1.807) is 12.3 Å². The zero-order valence-electron chi connectivity index (χ0n) is 12.5. The van der Waals surface area contributed by atoms with Crippen LogP contribution in [0.25, 0.3) is 10.9 Å². The largest absolute Gasteiger partial charge is 0.361 e. The summed E-state index contributed by atoms with van der Waals surface area (Å²) in [7, 11) is 0. The standard InChI is InChI=1S/C18H17N3O2/c22-17(20-11-9-13-5-2-1-3-6-13)18(23)21-16-8-4-7-15-14(16)10-12-19-15/h1-8,10,12,19H,9,11H2,(H,20,22)(H,21,23). The van der Waals surface area contributed by atoms with Crippen LogP contribution in [-0.2, 0) is 16.0 Å². The Morgan fingerprint density at radius 3 is 2.57 bits per heavy atom. The quantitative estimate of drug-likeness (QED) is 0.648. The number of fused-ring (bicyclic) bond motifs is 1. The number of carbonyl (C=O) groups is 2. The van der Waals surface area contributed by atoms with Crippen LogP contribution in [0.15, 0.2) is 60.8 Å². The summed E-state index contributed by atoms with van der Waals surface area (Å²) in [5, 5.41) is 6.16. The van der Waals surface area contributed by atoms with E-state index in [1.807, 2.05) is 48.5 Å². The molecular formula is C18H17N3O2. The molecule has 3 rings (SSSR count). The average Bonchev–Trinajstić information content (AvgIpc) is 3.05. The second-order valence-electron chi connectivity index (χ2n) is 5.19. The van der Waals surface area contributed by atoms with Gasteiger partial charge in [0.1, 0.15) is 0 Å². The molecule has 0 bridgehead atoms. The first-order valence-corrected chi connectivity index (χ1v) is 7.43. The molecule has 0 saturated heterocycles. The number of benzene rings is 2. The van der Waals surface area contributed by atoms with Gasteiger partial charge in [0, 0.05) is 23.6 Å². The Morgan fingerprint density at radius 1 is 0.913 bits per heavy atom. The number of anilines is 1. The Labute approximate surface area is 133 Å². The van der Waals surface area contributed by atoms with Crippen molar-refractivity contribution in [3.05, 3.63) is 66.4 Å². The van der Waals surface area contributed by atoms with E-state index in [0.717, 1.165) is 16.5 Å². The summed E-state index contributed by atoms with van der Waals surface area (Å²) in [5.41, 5.74) is 2.64. The predicted molar refractivity (Wildman–Crippen MR) is 90.1 cm³/mol. The van der Waals surface area contributed by atoms with Gasteiger partial charge in [0.25, 0.3) is 0 Å². The van der Waals surface area contributed by atoms with Crippen LogP contribution >= 0.6 is 0 Å². The molecule has 0 aliphatic rings. The molecule has 2 amide bonds. The lowest BCUT2D eigenvalue weighted by molar-refractivity contribution is -0.136. The maximum absolute atomic E-state index is 12.0. The van der Waals surface area contributed by atoms with Crippen molar-refractivity contribution in [2.45, 2.75) is 6.42 Å². The minimum Gasteiger partial charge on any atom is -0.361 e. The summed E-state index contributed by atoms with van der Waals surface area (Å²) in [6.45, 7) is 0.421. The number of hydrogen-bond acceptors (Lipinski definition) is 2. The molecule has 0 radical (unpaired) electrons. The SMILES string of the molecule is O=C(NCCc1ccccc1)C(=O)Nc1cccc2[nH]ccc12. The van der Waals surface area contributed by atoms with E-state index in [2.05, 4.69) is 15.6 Å². The maximum atomic E-state index is 12.0. The smallest absolute Gasteiger partial charge is 0.313 e. The van der Waals surface area contributed by atoms with Gasteiger partial charge in [-0.3, -0.25) is 9.59 Å².